The van der Waals surface area contributed by atoms with Gasteiger partial charge in [0.2, 0.25) is 5.91 Å². The third-order valence-electron chi connectivity index (χ3n) is 5.23. The van der Waals surface area contributed by atoms with Gasteiger partial charge < -0.3 is 19.7 Å². The van der Waals surface area contributed by atoms with Crippen LogP contribution in [0.3, 0.4) is 0 Å². The van der Waals surface area contributed by atoms with Gasteiger partial charge in [-0.25, -0.2) is 0 Å². The van der Waals surface area contributed by atoms with Crippen molar-refractivity contribution in [3.05, 3.63) is 59.1 Å². The van der Waals surface area contributed by atoms with Gasteiger partial charge in [0, 0.05) is 17.3 Å². The van der Waals surface area contributed by atoms with Gasteiger partial charge in [-0.05, 0) is 60.6 Å². The number of halogens is 1. The molecule has 8 nitrogen and oxygen atoms in total. The number of carbonyl (C=O) groups is 3. The van der Waals surface area contributed by atoms with Crippen molar-refractivity contribution in [2.75, 3.05) is 32.6 Å². The maximum Gasteiger partial charge on any atom is 0.325 e. The van der Waals surface area contributed by atoms with Crippen LogP contribution in [0.5, 0.6) is 5.75 Å². The highest BCUT2D eigenvalue weighted by Gasteiger charge is 2.43. The molecule has 1 fully saturated rings. The van der Waals surface area contributed by atoms with Crippen molar-refractivity contribution < 1.29 is 23.9 Å². The smallest absolute Gasteiger partial charge is 0.325 e. The second-order valence-electron chi connectivity index (χ2n) is 7.35. The lowest BCUT2D eigenvalue weighted by Gasteiger charge is -2.24. The van der Waals surface area contributed by atoms with Gasteiger partial charge in [0.1, 0.15) is 18.3 Å². The van der Waals surface area contributed by atoms with E-state index in [9.17, 15) is 14.4 Å². The average molecular weight is 490 g/mol. The molecule has 0 bridgehead atoms. The molecule has 1 aliphatic rings. The first kappa shape index (κ1) is 24.5. The number of methoxy groups -OCH3 is 2. The fourth-order valence-electron chi connectivity index (χ4n) is 3.45. The van der Waals surface area contributed by atoms with Gasteiger partial charge in [-0.15, -0.1) is 0 Å². The monoisotopic (exact) mass is 489 g/mol. The summed E-state index contributed by atoms with van der Waals surface area (Å²) in [4.78, 5) is 40.5. The Hall–Kier alpha value is -3.17. The Bertz CT molecular complexity index is 1030. The number of thiocarbonyl (C=S) groups is 1. The number of benzene rings is 2. The molecule has 1 saturated heterocycles. The van der Waals surface area contributed by atoms with Crippen molar-refractivity contribution in [1.82, 2.24) is 9.80 Å². The molecule has 10 heteroatoms. The largest absolute Gasteiger partial charge is 0.497 e. The van der Waals surface area contributed by atoms with E-state index in [-0.39, 0.29) is 24.0 Å². The van der Waals surface area contributed by atoms with Crippen LogP contribution in [-0.4, -0.2) is 66.0 Å². The Morgan fingerprint density at radius 1 is 1.09 bits per heavy atom. The number of esters is 1. The second kappa shape index (κ2) is 11.1. The Balaban J connectivity index is 1.73. The van der Waals surface area contributed by atoms with Crippen LogP contribution in [0.15, 0.2) is 48.5 Å². The first-order valence-electron chi connectivity index (χ1n) is 10.2. The predicted octanol–water partition coefficient (Wildman–Crippen LogP) is 2.89. The number of nitrogens with zero attached hydrogens (tertiary/aromatic N) is 2. The zero-order valence-electron chi connectivity index (χ0n) is 18.2. The number of ether oxygens (including phenoxy) is 2. The highest BCUT2D eigenvalue weighted by atomic mass is 35.5. The molecule has 174 valence electrons. The van der Waals surface area contributed by atoms with Gasteiger partial charge in [-0.3, -0.25) is 19.3 Å². The summed E-state index contributed by atoms with van der Waals surface area (Å²) in [6.07, 6.45) is 0.455. The highest BCUT2D eigenvalue weighted by molar-refractivity contribution is 7.80. The number of hydrogen-bond donors (Lipinski definition) is 1. The minimum atomic E-state index is -0.826. The normalized spacial score (nSPS) is 15.5. The molecule has 3 rings (SSSR count). The molecule has 0 spiro atoms. The van der Waals surface area contributed by atoms with Crippen LogP contribution in [0.25, 0.3) is 0 Å². The van der Waals surface area contributed by atoms with Gasteiger partial charge in [-0.2, -0.15) is 0 Å². The number of hydrogen-bond acceptors (Lipinski definition) is 6. The maximum absolute atomic E-state index is 13.1. The summed E-state index contributed by atoms with van der Waals surface area (Å²) in [5.74, 6) is -0.688. The summed E-state index contributed by atoms with van der Waals surface area (Å²) in [6.45, 7) is 0.0899. The van der Waals surface area contributed by atoms with Crippen LogP contribution in [0.1, 0.15) is 12.0 Å². The molecule has 2 aromatic carbocycles. The third-order valence-corrected chi connectivity index (χ3v) is 5.93. The fourth-order valence-corrected chi connectivity index (χ4v) is 3.95. The van der Waals surface area contributed by atoms with Crippen molar-refractivity contribution in [3.63, 3.8) is 0 Å². The average Bonchev–Trinajstić information content (AvgIpc) is 3.02. The van der Waals surface area contributed by atoms with Crippen molar-refractivity contribution >= 4 is 52.4 Å². The van der Waals surface area contributed by atoms with E-state index in [1.54, 1.807) is 48.4 Å². The van der Waals surface area contributed by atoms with Crippen LogP contribution < -0.4 is 10.1 Å². The Morgan fingerprint density at radius 3 is 2.36 bits per heavy atom. The van der Waals surface area contributed by atoms with Crippen LogP contribution in [0.4, 0.5) is 5.69 Å². The van der Waals surface area contributed by atoms with E-state index in [1.165, 1.54) is 12.0 Å². The first-order valence-corrected chi connectivity index (χ1v) is 11.0. The summed E-state index contributed by atoms with van der Waals surface area (Å²) in [6, 6.07) is 13.4. The molecule has 2 aromatic rings. The number of nitrogens with one attached hydrogen (secondary N) is 1. The molecule has 1 N–H and O–H groups in total. The first-order chi connectivity index (χ1) is 15.8. The van der Waals surface area contributed by atoms with Crippen molar-refractivity contribution in [3.8, 4) is 5.75 Å². The third kappa shape index (κ3) is 6.21. The minimum absolute atomic E-state index is 0.122. The topological polar surface area (TPSA) is 88.2 Å². The van der Waals surface area contributed by atoms with Gasteiger partial charge in [0.15, 0.2) is 5.11 Å². The summed E-state index contributed by atoms with van der Waals surface area (Å²) >= 11 is 11.4. The Kier molecular flexibility index (Phi) is 8.24. The molecule has 1 heterocycles. The molecule has 0 saturated carbocycles. The van der Waals surface area contributed by atoms with Crippen LogP contribution >= 0.6 is 23.8 Å². The van der Waals surface area contributed by atoms with E-state index >= 15 is 0 Å². The van der Waals surface area contributed by atoms with E-state index < -0.39 is 17.9 Å². The SMILES string of the molecule is COC(=O)CN1C(=O)[C@H](CC(=O)Nc2ccc(OC)cc2)N(CCc2ccc(Cl)cc2)C1=S. The van der Waals surface area contributed by atoms with Crippen LogP contribution in [-0.2, 0) is 25.5 Å². The van der Waals surface area contributed by atoms with Gasteiger partial charge in [-0.1, -0.05) is 23.7 Å². The van der Waals surface area contributed by atoms with Crippen molar-refractivity contribution in [2.24, 2.45) is 0 Å². The van der Waals surface area contributed by atoms with E-state index in [0.29, 0.717) is 29.4 Å². The lowest BCUT2D eigenvalue weighted by Crippen LogP contribution is -2.39. The summed E-state index contributed by atoms with van der Waals surface area (Å²) < 4.78 is 9.80. The standard InChI is InChI=1S/C23H24ClN3O5S/c1-31-18-9-7-17(8-10-18)25-20(28)13-19-22(30)27(14-21(29)32-2)23(33)26(19)12-11-15-3-5-16(24)6-4-15/h3-10,19H,11-14H2,1-2H3,(H,25,28)/t19-/m0/s1. The number of rotatable bonds is 9. The second-order valence-corrected chi connectivity index (χ2v) is 8.15. The summed E-state index contributed by atoms with van der Waals surface area (Å²) in [5.41, 5.74) is 1.58. The molecule has 33 heavy (non-hydrogen) atoms. The van der Waals surface area contributed by atoms with Crippen LogP contribution in [0, 0.1) is 0 Å². The van der Waals surface area contributed by atoms with Crippen molar-refractivity contribution in [2.45, 2.75) is 18.9 Å². The Labute approximate surface area is 202 Å². The molecule has 0 unspecified atom stereocenters. The number of anilines is 1. The van der Waals surface area contributed by atoms with Gasteiger partial charge in [0.05, 0.1) is 20.6 Å². The number of carbonyl (C=O) groups excluding carboxylic acids is 3. The highest BCUT2D eigenvalue weighted by Crippen LogP contribution is 2.23. The molecule has 0 aromatic heterocycles. The molecular formula is C23H24ClN3O5S. The molecule has 0 aliphatic carbocycles. The zero-order chi connectivity index (χ0) is 24.0. The summed E-state index contributed by atoms with van der Waals surface area (Å²) in [5, 5.41) is 3.61. The molecular weight excluding hydrogens is 466 g/mol. The van der Waals surface area contributed by atoms with Crippen molar-refractivity contribution in [1.29, 1.82) is 0 Å². The fraction of sp³-hybridized carbons (Fsp3) is 0.304. The maximum atomic E-state index is 13.1. The Morgan fingerprint density at radius 2 is 1.76 bits per heavy atom. The van der Waals surface area contributed by atoms with E-state index in [1.807, 2.05) is 12.1 Å². The lowest BCUT2D eigenvalue weighted by atomic mass is 10.1. The lowest BCUT2D eigenvalue weighted by molar-refractivity contribution is -0.144. The molecule has 0 radical (unpaired) electrons. The van der Waals surface area contributed by atoms with E-state index in [4.69, 9.17) is 28.6 Å². The quantitative estimate of drug-likeness (QED) is 0.428. The molecule has 1 atom stereocenters. The van der Waals surface area contributed by atoms with E-state index in [0.717, 1.165) is 5.56 Å². The van der Waals surface area contributed by atoms with E-state index in [2.05, 4.69) is 10.1 Å². The van der Waals surface area contributed by atoms with Gasteiger partial charge in [0.25, 0.3) is 5.91 Å². The zero-order valence-corrected chi connectivity index (χ0v) is 19.8. The van der Waals surface area contributed by atoms with Crippen LogP contribution in [0.2, 0.25) is 5.02 Å². The van der Waals surface area contributed by atoms with Gasteiger partial charge >= 0.3 is 5.97 Å². The molecule has 1 aliphatic heterocycles. The summed E-state index contributed by atoms with van der Waals surface area (Å²) in [7, 11) is 2.80. The molecule has 2 amide bonds. The minimum Gasteiger partial charge on any atom is -0.497 e. The predicted molar refractivity (Wildman–Crippen MR) is 128 cm³/mol. The number of amides is 2.